The summed E-state index contributed by atoms with van der Waals surface area (Å²) in [6, 6.07) is 3.48. The zero-order chi connectivity index (χ0) is 13.3. The second-order valence-corrected chi connectivity index (χ2v) is 4.78. The van der Waals surface area contributed by atoms with Crippen molar-refractivity contribution in [3.63, 3.8) is 0 Å². The summed E-state index contributed by atoms with van der Waals surface area (Å²) in [5.41, 5.74) is 0.160. The number of ether oxygens (including phenoxy) is 1. The van der Waals surface area contributed by atoms with E-state index in [1.165, 1.54) is 18.3 Å². The summed E-state index contributed by atoms with van der Waals surface area (Å²) in [5.74, 6) is -3.19. The lowest BCUT2D eigenvalue weighted by molar-refractivity contribution is -0.151. The normalized spacial score (nSPS) is 19.2. The number of rotatable bonds is 3. The molecule has 2 heterocycles. The summed E-state index contributed by atoms with van der Waals surface area (Å²) >= 11 is 1.33. The van der Waals surface area contributed by atoms with E-state index in [1.807, 2.05) is 0 Å². The highest BCUT2D eigenvalue weighted by Crippen LogP contribution is 2.25. The summed E-state index contributed by atoms with van der Waals surface area (Å²) in [4.78, 5) is 36.0. The van der Waals surface area contributed by atoms with Crippen LogP contribution >= 0.6 is 11.3 Å². The van der Waals surface area contributed by atoms with Crippen molar-refractivity contribution >= 4 is 34.4 Å². The first-order chi connectivity index (χ1) is 8.50. The minimum Gasteiger partial charge on any atom is -0.430 e. The third-order valence-electron chi connectivity index (χ3n) is 2.51. The molecule has 1 atom stereocenters. The maximum atomic E-state index is 12.1. The van der Waals surface area contributed by atoms with Crippen LogP contribution in [0.2, 0.25) is 0 Å². The van der Waals surface area contributed by atoms with E-state index < -0.39 is 23.5 Å². The summed E-state index contributed by atoms with van der Waals surface area (Å²) in [7, 11) is 0. The van der Waals surface area contributed by atoms with Crippen LogP contribution in [0.4, 0.5) is 0 Å². The number of esters is 1. The molecule has 92 valence electrons. The van der Waals surface area contributed by atoms with Crippen LogP contribution in [0, 0.1) is 5.92 Å². The van der Waals surface area contributed by atoms with Crippen molar-refractivity contribution in [1.82, 2.24) is 0 Å². The van der Waals surface area contributed by atoms with E-state index in [1.54, 1.807) is 17.5 Å². The molecule has 0 saturated carbocycles. The maximum absolute atomic E-state index is 12.1. The van der Waals surface area contributed by atoms with Crippen LogP contribution in [0.5, 0.6) is 0 Å². The monoisotopic (exact) mass is 262 g/mol. The quantitative estimate of drug-likeness (QED) is 0.475. The molecule has 1 aliphatic rings. The van der Waals surface area contributed by atoms with Gasteiger partial charge in [-0.2, -0.15) is 0 Å². The smallest absolute Gasteiger partial charge is 0.329 e. The molecule has 0 spiro atoms. The summed E-state index contributed by atoms with van der Waals surface area (Å²) in [6.07, 6.45) is 1.16. The molecular formula is C13H10O4S. The molecule has 0 aliphatic carbocycles. The third kappa shape index (κ3) is 2.17. The lowest BCUT2D eigenvalue weighted by atomic mass is 9.92. The Hall–Kier alpha value is -2.01. The van der Waals surface area contributed by atoms with Gasteiger partial charge in [-0.15, -0.1) is 11.3 Å². The molecule has 2 rings (SSSR count). The van der Waals surface area contributed by atoms with E-state index in [2.05, 4.69) is 6.58 Å². The highest BCUT2D eigenvalue weighted by Gasteiger charge is 2.38. The second-order valence-electron chi connectivity index (χ2n) is 3.83. The first-order valence-corrected chi connectivity index (χ1v) is 6.09. The lowest BCUT2D eigenvalue weighted by Gasteiger charge is -2.17. The van der Waals surface area contributed by atoms with Gasteiger partial charge in [0.25, 0.3) is 0 Å². The topological polar surface area (TPSA) is 60.4 Å². The van der Waals surface area contributed by atoms with E-state index in [4.69, 9.17) is 4.74 Å². The molecule has 18 heavy (non-hydrogen) atoms. The minimum absolute atomic E-state index is 0.160. The van der Waals surface area contributed by atoms with E-state index in [0.717, 1.165) is 6.08 Å². The zero-order valence-electron chi connectivity index (χ0n) is 9.64. The summed E-state index contributed by atoms with van der Waals surface area (Å²) in [5, 5.41) is 1.79. The number of cyclic esters (lactones) is 1. The average molecular weight is 262 g/mol. The summed E-state index contributed by atoms with van der Waals surface area (Å²) < 4.78 is 4.80. The van der Waals surface area contributed by atoms with Gasteiger partial charge < -0.3 is 4.74 Å². The molecule has 0 N–H and O–H groups in total. The average Bonchev–Trinajstić information content (AvgIpc) is 2.79. The van der Waals surface area contributed by atoms with E-state index in [9.17, 15) is 14.4 Å². The lowest BCUT2D eigenvalue weighted by Crippen LogP contribution is -2.35. The van der Waals surface area contributed by atoms with E-state index in [-0.39, 0.29) is 11.3 Å². The number of hydrogen-bond acceptors (Lipinski definition) is 5. The Morgan fingerprint density at radius 3 is 2.72 bits per heavy atom. The molecule has 0 fully saturated rings. The molecule has 5 heteroatoms. The largest absolute Gasteiger partial charge is 0.430 e. The Labute approximate surface area is 108 Å². The Kier molecular flexibility index (Phi) is 3.25. The van der Waals surface area contributed by atoms with Crippen LogP contribution < -0.4 is 0 Å². The molecule has 0 aromatic carbocycles. The van der Waals surface area contributed by atoms with Gasteiger partial charge in [-0.3, -0.25) is 14.4 Å². The van der Waals surface area contributed by atoms with Gasteiger partial charge in [-0.25, -0.2) is 0 Å². The van der Waals surface area contributed by atoms with Crippen molar-refractivity contribution in [3.05, 3.63) is 40.8 Å². The number of ketones is 2. The van der Waals surface area contributed by atoms with Crippen molar-refractivity contribution in [2.75, 3.05) is 0 Å². The Bertz CT molecular complexity index is 566. The fourth-order valence-corrected chi connectivity index (χ4v) is 2.33. The number of hydrogen-bond donors (Lipinski definition) is 0. The fourth-order valence-electron chi connectivity index (χ4n) is 1.63. The van der Waals surface area contributed by atoms with Crippen LogP contribution in [0.15, 0.2) is 35.9 Å². The molecule has 0 amide bonds. The summed E-state index contributed by atoms with van der Waals surface area (Å²) in [6.45, 7) is 5.13. The first-order valence-electron chi connectivity index (χ1n) is 5.21. The number of carbonyl (C=O) groups excluding carboxylic acids is 3. The van der Waals surface area contributed by atoms with Crippen LogP contribution in [-0.2, 0) is 19.1 Å². The highest BCUT2D eigenvalue weighted by atomic mass is 32.1. The SMILES string of the molecule is C=C(C(=O)C1C(=O)C=C(C)OC1=O)c1cccs1. The van der Waals surface area contributed by atoms with Crippen LogP contribution in [0.25, 0.3) is 5.57 Å². The fraction of sp³-hybridized carbons (Fsp3) is 0.154. The number of Topliss-reactive ketones (excluding diaryl/α,β-unsaturated/α-hetero) is 1. The van der Waals surface area contributed by atoms with Gasteiger partial charge in [0.1, 0.15) is 5.76 Å². The van der Waals surface area contributed by atoms with Gasteiger partial charge in [-0.1, -0.05) is 12.6 Å². The Morgan fingerprint density at radius 2 is 2.17 bits per heavy atom. The standard InChI is InChI=1S/C13H10O4S/c1-7-6-9(14)11(13(16)17-7)12(15)8(2)10-4-3-5-18-10/h3-6,11H,2H2,1H3. The minimum atomic E-state index is -1.41. The Balaban J connectivity index is 2.27. The molecule has 0 bridgehead atoms. The molecule has 4 nitrogen and oxygen atoms in total. The van der Waals surface area contributed by atoms with Gasteiger partial charge in [0.2, 0.25) is 0 Å². The van der Waals surface area contributed by atoms with Gasteiger partial charge in [0.05, 0.1) is 0 Å². The molecule has 1 aliphatic heterocycles. The number of allylic oxidation sites excluding steroid dienone is 3. The van der Waals surface area contributed by atoms with E-state index in [0.29, 0.717) is 4.88 Å². The van der Waals surface area contributed by atoms with Gasteiger partial charge in [0.15, 0.2) is 17.5 Å². The molecule has 0 radical (unpaired) electrons. The number of thiophene rings is 1. The molecule has 1 aromatic rings. The van der Waals surface area contributed by atoms with Crippen LogP contribution in [-0.4, -0.2) is 17.5 Å². The van der Waals surface area contributed by atoms with Gasteiger partial charge in [-0.05, 0) is 18.4 Å². The number of carbonyl (C=O) groups is 3. The third-order valence-corrected chi connectivity index (χ3v) is 3.44. The van der Waals surface area contributed by atoms with Crippen molar-refractivity contribution in [1.29, 1.82) is 0 Å². The van der Waals surface area contributed by atoms with Crippen molar-refractivity contribution < 1.29 is 19.1 Å². The molecular weight excluding hydrogens is 252 g/mol. The molecule has 1 unspecified atom stereocenters. The predicted octanol–water partition coefficient (Wildman–Crippen LogP) is 1.98. The second kappa shape index (κ2) is 4.70. The van der Waals surface area contributed by atoms with Crippen molar-refractivity contribution in [3.8, 4) is 0 Å². The van der Waals surface area contributed by atoms with Crippen molar-refractivity contribution in [2.24, 2.45) is 5.92 Å². The maximum Gasteiger partial charge on any atom is 0.329 e. The molecule has 0 saturated heterocycles. The van der Waals surface area contributed by atoms with Gasteiger partial charge in [0, 0.05) is 16.5 Å². The highest BCUT2D eigenvalue weighted by molar-refractivity contribution is 7.11. The van der Waals surface area contributed by atoms with Crippen molar-refractivity contribution in [2.45, 2.75) is 6.92 Å². The first kappa shape index (κ1) is 12.4. The van der Waals surface area contributed by atoms with Gasteiger partial charge >= 0.3 is 5.97 Å². The zero-order valence-corrected chi connectivity index (χ0v) is 10.5. The Morgan fingerprint density at radius 1 is 1.44 bits per heavy atom. The van der Waals surface area contributed by atoms with Crippen LogP contribution in [0.3, 0.4) is 0 Å². The molecule has 1 aromatic heterocycles. The predicted molar refractivity (Wildman–Crippen MR) is 66.7 cm³/mol. The van der Waals surface area contributed by atoms with E-state index >= 15 is 0 Å². The van der Waals surface area contributed by atoms with Crippen LogP contribution in [0.1, 0.15) is 11.8 Å².